The molecule has 1 heterocycles. The lowest BCUT2D eigenvalue weighted by atomic mass is 9.97. The van der Waals surface area contributed by atoms with Crippen LogP contribution in [0.15, 0.2) is 0 Å². The highest BCUT2D eigenvalue weighted by Gasteiger charge is 2.46. The summed E-state index contributed by atoms with van der Waals surface area (Å²) < 4.78 is 19.0. The van der Waals surface area contributed by atoms with E-state index < -0.39 is 18.4 Å². The van der Waals surface area contributed by atoms with Gasteiger partial charge >= 0.3 is 0 Å². The van der Waals surface area contributed by atoms with Gasteiger partial charge < -0.3 is 9.84 Å². The number of alkyl halides is 1. The van der Waals surface area contributed by atoms with Crippen molar-refractivity contribution in [3.05, 3.63) is 0 Å². The van der Waals surface area contributed by atoms with Gasteiger partial charge in [-0.05, 0) is 11.8 Å². The first-order valence-electron chi connectivity index (χ1n) is 4.92. The van der Waals surface area contributed by atoms with Gasteiger partial charge in [-0.15, -0.1) is 0 Å². The number of hydrogen-bond acceptors (Lipinski definition) is 2. The molecule has 1 rings (SSSR count). The Morgan fingerprint density at radius 1 is 1.08 bits per heavy atom. The van der Waals surface area contributed by atoms with Crippen molar-refractivity contribution in [1.29, 1.82) is 0 Å². The zero-order chi connectivity index (χ0) is 10.2. The molecule has 0 aromatic rings. The normalized spacial score (nSPS) is 40.6. The fourth-order valence-electron chi connectivity index (χ4n) is 1.79. The summed E-state index contributed by atoms with van der Waals surface area (Å²) in [6.07, 6.45) is -2.97. The van der Waals surface area contributed by atoms with Crippen molar-refractivity contribution < 1.29 is 14.2 Å². The molecule has 0 spiro atoms. The highest BCUT2D eigenvalue weighted by Crippen LogP contribution is 2.32. The minimum Gasteiger partial charge on any atom is -0.387 e. The lowest BCUT2D eigenvalue weighted by Crippen LogP contribution is -2.32. The number of ether oxygens (including phenoxy) is 1. The van der Waals surface area contributed by atoms with E-state index in [2.05, 4.69) is 0 Å². The summed E-state index contributed by atoms with van der Waals surface area (Å²) in [5.74, 6) is 0.283. The maximum atomic E-state index is 13.5. The third-order valence-corrected chi connectivity index (χ3v) is 2.61. The van der Waals surface area contributed by atoms with Gasteiger partial charge in [-0.3, -0.25) is 0 Å². The molecular formula is C10H19FO2. The predicted molar refractivity (Wildman–Crippen MR) is 49.2 cm³/mol. The Labute approximate surface area is 79.1 Å². The molecule has 0 aliphatic carbocycles. The van der Waals surface area contributed by atoms with Crippen LogP contribution in [-0.4, -0.2) is 29.6 Å². The molecule has 4 atom stereocenters. The number of hydrogen-bond donors (Lipinski definition) is 1. The van der Waals surface area contributed by atoms with Crippen LogP contribution in [0.4, 0.5) is 4.39 Å². The van der Waals surface area contributed by atoms with Crippen LogP contribution in [0.5, 0.6) is 0 Å². The molecule has 3 heteroatoms. The van der Waals surface area contributed by atoms with Crippen molar-refractivity contribution in [3.63, 3.8) is 0 Å². The van der Waals surface area contributed by atoms with Crippen molar-refractivity contribution in [1.82, 2.24) is 0 Å². The first-order valence-corrected chi connectivity index (χ1v) is 4.92. The Kier molecular flexibility index (Phi) is 3.30. The smallest absolute Gasteiger partial charge is 0.155 e. The van der Waals surface area contributed by atoms with Crippen LogP contribution in [0, 0.1) is 11.8 Å². The van der Waals surface area contributed by atoms with E-state index in [4.69, 9.17) is 4.74 Å². The molecule has 1 fully saturated rings. The van der Waals surface area contributed by atoms with Gasteiger partial charge in [-0.25, -0.2) is 4.39 Å². The molecule has 78 valence electrons. The van der Waals surface area contributed by atoms with Crippen molar-refractivity contribution in [2.24, 2.45) is 11.8 Å². The van der Waals surface area contributed by atoms with Crippen LogP contribution in [0.25, 0.3) is 0 Å². The van der Waals surface area contributed by atoms with Crippen molar-refractivity contribution in [3.8, 4) is 0 Å². The molecule has 1 aliphatic heterocycles. The maximum Gasteiger partial charge on any atom is 0.155 e. The first-order chi connectivity index (χ1) is 5.95. The predicted octanol–water partition coefficient (Wildman–Crippen LogP) is 1.76. The Balaban J connectivity index is 2.66. The zero-order valence-electron chi connectivity index (χ0n) is 8.70. The van der Waals surface area contributed by atoms with Crippen LogP contribution in [0.2, 0.25) is 0 Å². The summed E-state index contributed by atoms with van der Waals surface area (Å²) >= 11 is 0. The van der Waals surface area contributed by atoms with E-state index in [1.54, 1.807) is 0 Å². The fraction of sp³-hybridized carbons (Fsp3) is 1.00. The Bertz CT molecular complexity index is 152. The quantitative estimate of drug-likeness (QED) is 0.719. The Morgan fingerprint density at radius 3 is 1.77 bits per heavy atom. The highest BCUT2D eigenvalue weighted by molar-refractivity contribution is 4.93. The summed E-state index contributed by atoms with van der Waals surface area (Å²) in [7, 11) is 0. The van der Waals surface area contributed by atoms with Gasteiger partial charge in [0, 0.05) is 0 Å². The first kappa shape index (κ1) is 10.9. The molecule has 0 unspecified atom stereocenters. The molecule has 0 bridgehead atoms. The monoisotopic (exact) mass is 190 g/mol. The minimum absolute atomic E-state index is 0.119. The summed E-state index contributed by atoms with van der Waals surface area (Å²) in [6.45, 7) is 7.69. The molecule has 0 amide bonds. The van der Waals surface area contributed by atoms with Crippen LogP contribution in [0.3, 0.4) is 0 Å². The Hall–Kier alpha value is -0.150. The second kappa shape index (κ2) is 3.93. The SMILES string of the molecule is CC(C)[C@H]1O[C@@H](C(C)C)[C@@H](O)[C@H]1F. The standard InChI is InChI=1S/C10H19FO2/c1-5(2)9-7(11)8(12)10(13-9)6(3)4/h5-10,12H,1-4H3/t7-,8+,9-,10+/m1/s1. The fourth-order valence-corrected chi connectivity index (χ4v) is 1.79. The number of aliphatic hydroxyl groups excluding tert-OH is 1. The van der Waals surface area contributed by atoms with E-state index in [1.165, 1.54) is 0 Å². The van der Waals surface area contributed by atoms with Gasteiger partial charge in [0.05, 0.1) is 12.2 Å². The van der Waals surface area contributed by atoms with Gasteiger partial charge in [0.15, 0.2) is 6.17 Å². The van der Waals surface area contributed by atoms with E-state index in [1.807, 2.05) is 27.7 Å². The van der Waals surface area contributed by atoms with Crippen LogP contribution < -0.4 is 0 Å². The van der Waals surface area contributed by atoms with Crippen molar-refractivity contribution >= 4 is 0 Å². The van der Waals surface area contributed by atoms with E-state index in [9.17, 15) is 9.50 Å². The van der Waals surface area contributed by atoms with Crippen molar-refractivity contribution in [2.45, 2.75) is 52.2 Å². The molecule has 0 aromatic heterocycles. The summed E-state index contributed by atoms with van der Waals surface area (Å²) in [5, 5.41) is 9.55. The molecule has 1 saturated heterocycles. The van der Waals surface area contributed by atoms with Gasteiger partial charge in [0.2, 0.25) is 0 Å². The summed E-state index contributed by atoms with van der Waals surface area (Å²) in [6, 6.07) is 0. The molecule has 1 aliphatic rings. The van der Waals surface area contributed by atoms with Gasteiger partial charge in [-0.1, -0.05) is 27.7 Å². The van der Waals surface area contributed by atoms with Gasteiger partial charge in [0.25, 0.3) is 0 Å². The molecule has 0 saturated carbocycles. The molecule has 13 heavy (non-hydrogen) atoms. The average molecular weight is 190 g/mol. The van der Waals surface area contributed by atoms with Gasteiger partial charge in [0.1, 0.15) is 6.10 Å². The highest BCUT2D eigenvalue weighted by atomic mass is 19.1. The van der Waals surface area contributed by atoms with Crippen LogP contribution in [0.1, 0.15) is 27.7 Å². The van der Waals surface area contributed by atoms with E-state index in [-0.39, 0.29) is 17.9 Å². The molecule has 1 N–H and O–H groups in total. The van der Waals surface area contributed by atoms with Crippen LogP contribution >= 0.6 is 0 Å². The molecule has 2 nitrogen and oxygen atoms in total. The van der Waals surface area contributed by atoms with E-state index in [0.29, 0.717) is 0 Å². The summed E-state index contributed by atoms with van der Waals surface area (Å²) in [5.41, 5.74) is 0. The van der Waals surface area contributed by atoms with Crippen LogP contribution in [-0.2, 0) is 4.74 Å². The molecule has 0 aromatic carbocycles. The van der Waals surface area contributed by atoms with E-state index >= 15 is 0 Å². The molecular weight excluding hydrogens is 171 g/mol. The number of halogens is 1. The third kappa shape index (κ3) is 2.02. The van der Waals surface area contributed by atoms with Gasteiger partial charge in [-0.2, -0.15) is 0 Å². The molecule has 0 radical (unpaired) electrons. The minimum atomic E-state index is -1.23. The van der Waals surface area contributed by atoms with Crippen molar-refractivity contribution in [2.75, 3.05) is 0 Å². The zero-order valence-corrected chi connectivity index (χ0v) is 8.70. The topological polar surface area (TPSA) is 29.5 Å². The number of rotatable bonds is 2. The van der Waals surface area contributed by atoms with E-state index in [0.717, 1.165) is 0 Å². The average Bonchev–Trinajstić information content (AvgIpc) is 2.29. The second-order valence-corrected chi connectivity index (χ2v) is 4.49. The lowest BCUT2D eigenvalue weighted by molar-refractivity contribution is -0.0310. The third-order valence-electron chi connectivity index (χ3n) is 2.61. The summed E-state index contributed by atoms with van der Waals surface area (Å²) in [4.78, 5) is 0. The Morgan fingerprint density at radius 2 is 1.54 bits per heavy atom. The largest absolute Gasteiger partial charge is 0.387 e. The number of aliphatic hydroxyl groups is 1. The lowest BCUT2D eigenvalue weighted by Gasteiger charge is -2.18. The second-order valence-electron chi connectivity index (χ2n) is 4.49. The maximum absolute atomic E-state index is 13.5.